The Kier molecular flexibility index (Phi) is 3.11. The lowest BCUT2D eigenvalue weighted by Gasteiger charge is -2.04. The first kappa shape index (κ1) is 9.07. The van der Waals surface area contributed by atoms with Crippen molar-refractivity contribution in [1.29, 1.82) is 0 Å². The van der Waals surface area contributed by atoms with Crippen LogP contribution in [0.25, 0.3) is 0 Å². The van der Waals surface area contributed by atoms with Crippen molar-refractivity contribution in [3.63, 3.8) is 0 Å². The summed E-state index contributed by atoms with van der Waals surface area (Å²) in [5.74, 6) is 0. The number of rotatable bonds is 3. The lowest BCUT2D eigenvalue weighted by molar-refractivity contribution is 0.288. The average Bonchev–Trinajstić information content (AvgIpc) is 2.03. The van der Waals surface area contributed by atoms with Crippen LogP contribution >= 0.6 is 0 Å². The SMILES string of the molecule is Cc1ccc(CCCO)c(N)c1. The summed E-state index contributed by atoms with van der Waals surface area (Å²) in [6, 6.07) is 6.04. The summed E-state index contributed by atoms with van der Waals surface area (Å²) in [6.45, 7) is 2.25. The first-order valence-electron chi connectivity index (χ1n) is 4.20. The highest BCUT2D eigenvalue weighted by molar-refractivity contribution is 5.48. The van der Waals surface area contributed by atoms with E-state index in [1.807, 2.05) is 25.1 Å². The van der Waals surface area contributed by atoms with Gasteiger partial charge in [-0.25, -0.2) is 0 Å². The fourth-order valence-electron chi connectivity index (χ4n) is 1.21. The van der Waals surface area contributed by atoms with Crippen LogP contribution in [0.2, 0.25) is 0 Å². The van der Waals surface area contributed by atoms with Crippen molar-refractivity contribution < 1.29 is 5.11 Å². The topological polar surface area (TPSA) is 46.2 Å². The van der Waals surface area contributed by atoms with Gasteiger partial charge in [0.25, 0.3) is 0 Å². The molecular weight excluding hydrogens is 150 g/mol. The smallest absolute Gasteiger partial charge is 0.0434 e. The standard InChI is InChI=1S/C10H15NO/c1-8-4-5-9(3-2-6-12)10(11)7-8/h4-5,7,12H,2-3,6,11H2,1H3. The maximum atomic E-state index is 8.63. The monoisotopic (exact) mass is 165 g/mol. The van der Waals surface area contributed by atoms with Gasteiger partial charge in [-0.1, -0.05) is 12.1 Å². The first-order chi connectivity index (χ1) is 5.74. The predicted octanol–water partition coefficient (Wildman–Crippen LogP) is 1.50. The minimum absolute atomic E-state index is 0.229. The number of nitrogens with two attached hydrogens (primary N) is 1. The lowest BCUT2D eigenvalue weighted by Crippen LogP contribution is -1.96. The van der Waals surface area contributed by atoms with Gasteiger partial charge in [-0.2, -0.15) is 0 Å². The molecule has 0 amide bonds. The van der Waals surface area contributed by atoms with Crippen molar-refractivity contribution in [3.05, 3.63) is 29.3 Å². The molecule has 2 nitrogen and oxygen atoms in total. The van der Waals surface area contributed by atoms with E-state index >= 15 is 0 Å². The van der Waals surface area contributed by atoms with Crippen LogP contribution in [0.15, 0.2) is 18.2 Å². The molecule has 0 saturated heterocycles. The Labute approximate surface area is 73.0 Å². The van der Waals surface area contributed by atoms with Gasteiger partial charge in [0.05, 0.1) is 0 Å². The van der Waals surface area contributed by atoms with E-state index < -0.39 is 0 Å². The fourth-order valence-corrected chi connectivity index (χ4v) is 1.21. The zero-order chi connectivity index (χ0) is 8.97. The van der Waals surface area contributed by atoms with Gasteiger partial charge in [0.2, 0.25) is 0 Å². The molecule has 0 fully saturated rings. The number of aryl methyl sites for hydroxylation is 2. The molecule has 0 aliphatic rings. The Bertz CT molecular complexity index is 258. The highest BCUT2D eigenvalue weighted by atomic mass is 16.2. The summed E-state index contributed by atoms with van der Waals surface area (Å²) in [5.41, 5.74) is 8.93. The van der Waals surface area contributed by atoms with E-state index in [2.05, 4.69) is 0 Å². The zero-order valence-corrected chi connectivity index (χ0v) is 7.38. The average molecular weight is 165 g/mol. The molecule has 3 N–H and O–H groups in total. The van der Waals surface area contributed by atoms with Crippen LogP contribution in [0, 0.1) is 6.92 Å². The molecule has 1 aromatic rings. The second kappa shape index (κ2) is 4.12. The summed E-state index contributed by atoms with van der Waals surface area (Å²) in [4.78, 5) is 0. The highest BCUT2D eigenvalue weighted by Crippen LogP contribution is 2.15. The predicted molar refractivity (Wildman–Crippen MR) is 51.0 cm³/mol. The Morgan fingerprint density at radius 2 is 2.17 bits per heavy atom. The van der Waals surface area contributed by atoms with Crippen molar-refractivity contribution in [2.75, 3.05) is 12.3 Å². The molecule has 0 radical (unpaired) electrons. The van der Waals surface area contributed by atoms with Crippen molar-refractivity contribution in [2.45, 2.75) is 19.8 Å². The minimum atomic E-state index is 0.229. The largest absolute Gasteiger partial charge is 0.398 e. The minimum Gasteiger partial charge on any atom is -0.398 e. The molecule has 0 atom stereocenters. The maximum absolute atomic E-state index is 8.63. The highest BCUT2D eigenvalue weighted by Gasteiger charge is 1.97. The third kappa shape index (κ3) is 2.24. The molecular formula is C10H15NO. The maximum Gasteiger partial charge on any atom is 0.0434 e. The number of aliphatic hydroxyl groups excluding tert-OH is 1. The molecule has 0 unspecified atom stereocenters. The summed E-state index contributed by atoms with van der Waals surface area (Å²) >= 11 is 0. The number of anilines is 1. The lowest BCUT2D eigenvalue weighted by atomic mass is 10.1. The van der Waals surface area contributed by atoms with E-state index in [0.29, 0.717) is 0 Å². The van der Waals surface area contributed by atoms with Gasteiger partial charge < -0.3 is 10.8 Å². The van der Waals surface area contributed by atoms with E-state index in [1.165, 1.54) is 5.56 Å². The molecule has 12 heavy (non-hydrogen) atoms. The molecule has 0 spiro atoms. The quantitative estimate of drug-likeness (QED) is 0.667. The van der Waals surface area contributed by atoms with E-state index in [4.69, 9.17) is 10.8 Å². The number of hydrogen-bond acceptors (Lipinski definition) is 2. The first-order valence-corrected chi connectivity index (χ1v) is 4.20. The zero-order valence-electron chi connectivity index (χ0n) is 7.38. The molecule has 2 heteroatoms. The summed E-state index contributed by atoms with van der Waals surface area (Å²) in [7, 11) is 0. The van der Waals surface area contributed by atoms with Crippen molar-refractivity contribution in [3.8, 4) is 0 Å². The summed E-state index contributed by atoms with van der Waals surface area (Å²) in [6.07, 6.45) is 1.65. The van der Waals surface area contributed by atoms with Crippen LogP contribution in [-0.2, 0) is 6.42 Å². The van der Waals surface area contributed by atoms with Gasteiger partial charge in [-0.3, -0.25) is 0 Å². The van der Waals surface area contributed by atoms with Crippen molar-refractivity contribution in [2.24, 2.45) is 0 Å². The van der Waals surface area contributed by atoms with Gasteiger partial charge in [-0.05, 0) is 37.0 Å². The Hall–Kier alpha value is -1.02. The fraction of sp³-hybridized carbons (Fsp3) is 0.400. The van der Waals surface area contributed by atoms with Crippen LogP contribution in [0.1, 0.15) is 17.5 Å². The number of aliphatic hydroxyl groups is 1. The molecule has 0 aliphatic heterocycles. The molecule has 0 aromatic heterocycles. The Balaban J connectivity index is 2.72. The van der Waals surface area contributed by atoms with E-state index in [0.717, 1.165) is 24.1 Å². The van der Waals surface area contributed by atoms with Crippen LogP contribution in [0.4, 0.5) is 5.69 Å². The van der Waals surface area contributed by atoms with Gasteiger partial charge in [0.1, 0.15) is 0 Å². The van der Waals surface area contributed by atoms with E-state index in [1.54, 1.807) is 0 Å². The molecule has 0 aliphatic carbocycles. The molecule has 1 aromatic carbocycles. The van der Waals surface area contributed by atoms with Crippen molar-refractivity contribution in [1.82, 2.24) is 0 Å². The van der Waals surface area contributed by atoms with Crippen molar-refractivity contribution >= 4 is 5.69 Å². The van der Waals surface area contributed by atoms with Gasteiger partial charge in [0.15, 0.2) is 0 Å². The summed E-state index contributed by atoms with van der Waals surface area (Å²) < 4.78 is 0. The number of nitrogen functional groups attached to an aromatic ring is 1. The van der Waals surface area contributed by atoms with Crippen LogP contribution in [0.5, 0.6) is 0 Å². The molecule has 0 bridgehead atoms. The normalized spacial score (nSPS) is 10.2. The van der Waals surface area contributed by atoms with E-state index in [9.17, 15) is 0 Å². The van der Waals surface area contributed by atoms with Crippen LogP contribution < -0.4 is 5.73 Å². The Morgan fingerprint density at radius 1 is 1.42 bits per heavy atom. The van der Waals surface area contributed by atoms with Gasteiger partial charge in [0, 0.05) is 12.3 Å². The number of benzene rings is 1. The summed E-state index contributed by atoms with van der Waals surface area (Å²) in [5, 5.41) is 8.63. The van der Waals surface area contributed by atoms with Gasteiger partial charge in [-0.15, -0.1) is 0 Å². The van der Waals surface area contributed by atoms with E-state index in [-0.39, 0.29) is 6.61 Å². The third-order valence-electron chi connectivity index (χ3n) is 1.91. The molecule has 0 heterocycles. The second-order valence-electron chi connectivity index (χ2n) is 3.03. The van der Waals surface area contributed by atoms with Gasteiger partial charge >= 0.3 is 0 Å². The molecule has 1 rings (SSSR count). The third-order valence-corrected chi connectivity index (χ3v) is 1.91. The second-order valence-corrected chi connectivity index (χ2v) is 3.03. The molecule has 0 saturated carbocycles. The van der Waals surface area contributed by atoms with Crippen LogP contribution in [-0.4, -0.2) is 11.7 Å². The Morgan fingerprint density at radius 3 is 2.75 bits per heavy atom. The van der Waals surface area contributed by atoms with Crippen LogP contribution in [0.3, 0.4) is 0 Å². The molecule has 66 valence electrons. The number of hydrogen-bond donors (Lipinski definition) is 2.